The molecule has 114 valence electrons. The van der Waals surface area contributed by atoms with E-state index in [0.717, 1.165) is 6.42 Å². The average molecular weight is 294 g/mol. The second-order valence-corrected chi connectivity index (χ2v) is 4.64. The molecule has 1 aliphatic rings. The zero-order valence-corrected chi connectivity index (χ0v) is 11.8. The van der Waals surface area contributed by atoms with Gasteiger partial charge in [0.1, 0.15) is 6.04 Å². The molecule has 0 aromatic carbocycles. The number of piperazine rings is 1. The van der Waals surface area contributed by atoms with Crippen LogP contribution in [0.1, 0.15) is 19.8 Å². The first-order chi connectivity index (χ1) is 10.1. The van der Waals surface area contributed by atoms with Gasteiger partial charge in [0.2, 0.25) is 17.7 Å². The van der Waals surface area contributed by atoms with Crippen molar-refractivity contribution in [3.63, 3.8) is 0 Å². The van der Waals surface area contributed by atoms with E-state index in [1.807, 2.05) is 6.92 Å². The number of anilines is 1. The van der Waals surface area contributed by atoms with Gasteiger partial charge in [-0.05, 0) is 6.42 Å². The smallest absolute Gasteiger partial charge is 0.305 e. The third-order valence-corrected chi connectivity index (χ3v) is 3.03. The quantitative estimate of drug-likeness (QED) is 0.763. The van der Waals surface area contributed by atoms with E-state index < -0.39 is 12.0 Å². The number of aromatic nitrogens is 2. The molecule has 0 spiro atoms. The van der Waals surface area contributed by atoms with Crippen LogP contribution in [0.3, 0.4) is 0 Å². The third-order valence-electron chi connectivity index (χ3n) is 3.03. The van der Waals surface area contributed by atoms with E-state index >= 15 is 0 Å². The molecule has 1 unspecified atom stereocenters. The molecule has 2 heterocycles. The second kappa shape index (κ2) is 6.87. The van der Waals surface area contributed by atoms with Crippen LogP contribution in [0.2, 0.25) is 0 Å². The van der Waals surface area contributed by atoms with Crippen molar-refractivity contribution in [1.82, 2.24) is 15.3 Å². The number of carboxylic acid groups (broad SMARTS) is 1. The highest BCUT2D eigenvalue weighted by molar-refractivity contribution is 5.89. The molecule has 8 nitrogen and oxygen atoms in total. The Bertz CT molecular complexity index is 523. The highest BCUT2D eigenvalue weighted by atomic mass is 16.5. The first-order valence-electron chi connectivity index (χ1n) is 6.83. The maximum atomic E-state index is 11.9. The molecule has 0 bridgehead atoms. The van der Waals surface area contributed by atoms with Crippen LogP contribution in [0.15, 0.2) is 12.3 Å². The number of hydrogen-bond donors (Lipinski definition) is 2. The average Bonchev–Trinajstić information content (AvgIpc) is 2.47. The Balaban J connectivity index is 2.20. The lowest BCUT2D eigenvalue weighted by atomic mass is 10.1. The van der Waals surface area contributed by atoms with Crippen molar-refractivity contribution < 1.29 is 19.4 Å². The maximum absolute atomic E-state index is 11.9. The number of aliphatic carboxylic acids is 1. The van der Waals surface area contributed by atoms with Crippen molar-refractivity contribution in [1.29, 1.82) is 0 Å². The first kappa shape index (κ1) is 15.0. The minimum absolute atomic E-state index is 0.296. The summed E-state index contributed by atoms with van der Waals surface area (Å²) in [6, 6.07) is 0.827. The van der Waals surface area contributed by atoms with Crippen LogP contribution in [0.4, 0.5) is 5.95 Å². The topological polar surface area (TPSA) is 105 Å². The highest BCUT2D eigenvalue weighted by Crippen LogP contribution is 2.18. The minimum atomic E-state index is -1.04. The lowest BCUT2D eigenvalue weighted by molar-refractivity contribution is -0.139. The zero-order valence-electron chi connectivity index (χ0n) is 11.8. The number of carboxylic acids is 1. The fraction of sp³-hybridized carbons (Fsp3) is 0.538. The van der Waals surface area contributed by atoms with Crippen molar-refractivity contribution >= 4 is 17.8 Å². The molecule has 1 atom stereocenters. The zero-order chi connectivity index (χ0) is 15.2. The Morgan fingerprint density at radius 2 is 2.43 bits per heavy atom. The van der Waals surface area contributed by atoms with E-state index in [4.69, 9.17) is 9.84 Å². The standard InChI is InChI=1S/C13H18N4O4/c1-2-7-21-10-3-4-15-13(16-10)17-6-5-14-12(20)9(17)8-11(18)19/h3-4,9H,2,5-8H2,1H3,(H,14,20)(H,18,19). The third kappa shape index (κ3) is 3.80. The number of rotatable bonds is 6. The summed E-state index contributed by atoms with van der Waals surface area (Å²) in [7, 11) is 0. The summed E-state index contributed by atoms with van der Waals surface area (Å²) in [5.41, 5.74) is 0. The molecule has 2 rings (SSSR count). The van der Waals surface area contributed by atoms with Gasteiger partial charge in [-0.3, -0.25) is 9.59 Å². The van der Waals surface area contributed by atoms with Crippen LogP contribution in [-0.4, -0.2) is 52.7 Å². The molecule has 0 saturated carbocycles. The predicted molar refractivity (Wildman–Crippen MR) is 74.2 cm³/mol. The van der Waals surface area contributed by atoms with Crippen molar-refractivity contribution in [2.45, 2.75) is 25.8 Å². The molecule has 1 aromatic heterocycles. The molecular formula is C13H18N4O4. The molecule has 1 saturated heterocycles. The fourth-order valence-electron chi connectivity index (χ4n) is 2.08. The number of nitrogens with zero attached hydrogens (tertiary/aromatic N) is 3. The first-order valence-corrected chi connectivity index (χ1v) is 6.83. The van der Waals surface area contributed by atoms with Crippen molar-refractivity contribution in [2.75, 3.05) is 24.6 Å². The molecule has 21 heavy (non-hydrogen) atoms. The van der Waals surface area contributed by atoms with Crippen molar-refractivity contribution in [2.24, 2.45) is 0 Å². The molecule has 2 N–H and O–H groups in total. The van der Waals surface area contributed by atoms with Crippen LogP contribution >= 0.6 is 0 Å². The lowest BCUT2D eigenvalue weighted by Crippen LogP contribution is -2.56. The van der Waals surface area contributed by atoms with Gasteiger partial charge in [-0.2, -0.15) is 4.98 Å². The van der Waals surface area contributed by atoms with Gasteiger partial charge >= 0.3 is 5.97 Å². The van der Waals surface area contributed by atoms with Gasteiger partial charge in [-0.1, -0.05) is 6.92 Å². The van der Waals surface area contributed by atoms with E-state index in [0.29, 0.717) is 31.5 Å². The number of hydrogen-bond acceptors (Lipinski definition) is 6. The Kier molecular flexibility index (Phi) is 4.91. The SMILES string of the molecule is CCCOc1ccnc(N2CCNC(=O)C2CC(=O)O)n1. The summed E-state index contributed by atoms with van der Waals surface area (Å²) in [6.45, 7) is 3.41. The molecule has 1 aliphatic heterocycles. The van der Waals surface area contributed by atoms with Gasteiger partial charge in [-0.15, -0.1) is 0 Å². The van der Waals surface area contributed by atoms with Crippen LogP contribution in [0, 0.1) is 0 Å². The fourth-order valence-corrected chi connectivity index (χ4v) is 2.08. The summed E-state index contributed by atoms with van der Waals surface area (Å²) in [6.07, 6.45) is 2.10. The Morgan fingerprint density at radius 3 is 3.14 bits per heavy atom. The Labute approximate surface area is 122 Å². The Hall–Kier alpha value is -2.38. The molecule has 1 aromatic rings. The summed E-state index contributed by atoms with van der Waals surface area (Å²) >= 11 is 0. The van der Waals surface area contributed by atoms with Crippen LogP contribution in [0.25, 0.3) is 0 Å². The number of nitrogens with one attached hydrogen (secondary N) is 1. The van der Waals surface area contributed by atoms with Crippen molar-refractivity contribution in [3.05, 3.63) is 12.3 Å². The van der Waals surface area contributed by atoms with E-state index in [1.54, 1.807) is 11.0 Å². The van der Waals surface area contributed by atoms with E-state index in [2.05, 4.69) is 15.3 Å². The minimum Gasteiger partial charge on any atom is -0.481 e. The monoisotopic (exact) mass is 294 g/mol. The summed E-state index contributed by atoms with van der Waals surface area (Å²) < 4.78 is 5.44. The number of ether oxygens (including phenoxy) is 1. The van der Waals surface area contributed by atoms with Gasteiger partial charge in [0.05, 0.1) is 13.0 Å². The molecule has 1 fully saturated rings. The summed E-state index contributed by atoms with van der Waals surface area (Å²) in [5.74, 6) is -0.640. The predicted octanol–water partition coefficient (Wildman–Crippen LogP) is 0.0449. The molecule has 1 amide bonds. The molecule has 8 heteroatoms. The highest BCUT2D eigenvalue weighted by Gasteiger charge is 2.33. The summed E-state index contributed by atoms with van der Waals surface area (Å²) in [5, 5.41) is 11.6. The summed E-state index contributed by atoms with van der Waals surface area (Å²) in [4.78, 5) is 32.8. The number of amides is 1. The van der Waals surface area contributed by atoms with Crippen LogP contribution in [-0.2, 0) is 9.59 Å². The van der Waals surface area contributed by atoms with Gasteiger partial charge in [0.15, 0.2) is 0 Å². The van der Waals surface area contributed by atoms with Crippen LogP contribution in [0.5, 0.6) is 5.88 Å². The number of carbonyl (C=O) groups is 2. The molecule has 0 radical (unpaired) electrons. The van der Waals surface area contributed by atoms with Crippen molar-refractivity contribution in [3.8, 4) is 5.88 Å². The molecule has 0 aliphatic carbocycles. The molecular weight excluding hydrogens is 276 g/mol. The number of carbonyl (C=O) groups excluding carboxylic acids is 1. The van der Waals surface area contributed by atoms with Gasteiger partial charge < -0.3 is 20.1 Å². The largest absolute Gasteiger partial charge is 0.481 e. The van der Waals surface area contributed by atoms with Crippen LogP contribution < -0.4 is 15.0 Å². The Morgan fingerprint density at radius 1 is 1.62 bits per heavy atom. The van der Waals surface area contributed by atoms with E-state index in [-0.39, 0.29) is 12.3 Å². The van der Waals surface area contributed by atoms with Gasteiger partial charge in [-0.25, -0.2) is 4.98 Å². The second-order valence-electron chi connectivity index (χ2n) is 4.64. The van der Waals surface area contributed by atoms with E-state index in [9.17, 15) is 9.59 Å². The maximum Gasteiger partial charge on any atom is 0.305 e. The van der Waals surface area contributed by atoms with Gasteiger partial charge in [0, 0.05) is 25.4 Å². The van der Waals surface area contributed by atoms with Gasteiger partial charge in [0.25, 0.3) is 0 Å². The normalized spacial score (nSPS) is 18.2. The lowest BCUT2D eigenvalue weighted by Gasteiger charge is -2.34. The van der Waals surface area contributed by atoms with E-state index in [1.165, 1.54) is 6.20 Å².